The van der Waals surface area contributed by atoms with Gasteiger partial charge in [0.15, 0.2) is 0 Å². The fourth-order valence-corrected chi connectivity index (χ4v) is 18.9. The number of hydrogen-bond acceptors (Lipinski definition) is 0. The molecule has 0 amide bonds. The predicted molar refractivity (Wildman–Crippen MR) is 110 cm³/mol. The van der Waals surface area contributed by atoms with Gasteiger partial charge in [-0.15, -0.1) is 0 Å². The minimum Gasteiger partial charge on any atom is -0.166 e. The van der Waals surface area contributed by atoms with Crippen molar-refractivity contribution in [2.75, 3.05) is 0 Å². The minimum atomic E-state index is -4.27. The molecule has 0 fully saturated rings. The molecule has 0 aliphatic heterocycles. The van der Waals surface area contributed by atoms with Gasteiger partial charge in [-0.25, -0.2) is 0 Å². The number of hydrogen-bond donors (Lipinski definition) is 0. The van der Waals surface area contributed by atoms with Crippen LogP contribution in [0.2, 0.25) is 58.9 Å². The maximum absolute atomic E-state index is 13.0. The van der Waals surface area contributed by atoms with Crippen molar-refractivity contribution in [3.8, 4) is 0 Å². The van der Waals surface area contributed by atoms with E-state index in [0.717, 1.165) is 5.56 Å². The van der Waals surface area contributed by atoms with Crippen LogP contribution in [0.3, 0.4) is 0 Å². The quantitative estimate of drug-likeness (QED) is 0.483. The summed E-state index contributed by atoms with van der Waals surface area (Å²) in [7, 11) is -4.80. The molecule has 0 N–H and O–H groups in total. The van der Waals surface area contributed by atoms with Crippen molar-refractivity contribution in [3.05, 3.63) is 45.8 Å². The highest BCUT2D eigenvalue weighted by Gasteiger charge is 2.66. The monoisotopic (exact) mass is 400 g/mol. The molecule has 2 rings (SSSR count). The molecule has 0 spiro atoms. The standard InChI is InChI=1S/C19H31F3Si3/c1-23(2,3)16-17(24(4,5)6)18(16,25(7,8)9)14-10-12-15(13-11-14)19(20,21)22/h10-13H,1-9H3. The van der Waals surface area contributed by atoms with Crippen LogP contribution in [0.4, 0.5) is 13.2 Å². The van der Waals surface area contributed by atoms with Crippen molar-refractivity contribution in [3.63, 3.8) is 0 Å². The van der Waals surface area contributed by atoms with Crippen LogP contribution < -0.4 is 0 Å². The first-order chi connectivity index (χ1) is 10.9. The Hall–Kier alpha value is -0.599. The molecule has 25 heavy (non-hydrogen) atoms. The van der Waals surface area contributed by atoms with E-state index in [0.29, 0.717) is 0 Å². The van der Waals surface area contributed by atoms with Crippen LogP contribution in [-0.4, -0.2) is 24.2 Å². The molecule has 0 radical (unpaired) electrons. The molecule has 0 bridgehead atoms. The zero-order valence-electron chi connectivity index (χ0n) is 16.9. The van der Waals surface area contributed by atoms with Crippen LogP contribution in [0.25, 0.3) is 0 Å². The highest BCUT2D eigenvalue weighted by Crippen LogP contribution is 2.65. The maximum atomic E-state index is 13.0. The summed E-state index contributed by atoms with van der Waals surface area (Å²) in [5, 5.41) is 3.25. The maximum Gasteiger partial charge on any atom is 0.416 e. The lowest BCUT2D eigenvalue weighted by Gasteiger charge is -2.38. The molecule has 0 heterocycles. The van der Waals surface area contributed by atoms with Crippen LogP contribution in [-0.2, 0) is 11.2 Å². The van der Waals surface area contributed by atoms with Gasteiger partial charge < -0.3 is 0 Å². The van der Waals surface area contributed by atoms with E-state index in [1.54, 1.807) is 22.5 Å². The van der Waals surface area contributed by atoms with Crippen molar-refractivity contribution < 1.29 is 13.2 Å². The summed E-state index contributed by atoms with van der Waals surface area (Å²) in [6.45, 7) is 21.4. The van der Waals surface area contributed by atoms with Gasteiger partial charge in [0.25, 0.3) is 0 Å². The summed E-state index contributed by atoms with van der Waals surface area (Å²) >= 11 is 0. The van der Waals surface area contributed by atoms with Gasteiger partial charge in [0, 0.05) is 5.04 Å². The van der Waals surface area contributed by atoms with Gasteiger partial charge in [-0.3, -0.25) is 0 Å². The fourth-order valence-electron chi connectivity index (χ4n) is 4.54. The van der Waals surface area contributed by atoms with Crippen molar-refractivity contribution in [2.45, 2.75) is 70.1 Å². The third-order valence-corrected chi connectivity index (χ3v) is 13.2. The Bertz CT molecular complexity index is 670. The zero-order chi connectivity index (χ0) is 19.6. The number of benzene rings is 1. The number of alkyl halides is 3. The molecule has 0 atom stereocenters. The molecule has 140 valence electrons. The van der Waals surface area contributed by atoms with E-state index < -0.39 is 36.0 Å². The van der Waals surface area contributed by atoms with Crippen molar-refractivity contribution in [2.24, 2.45) is 0 Å². The molecular weight excluding hydrogens is 369 g/mol. The molecule has 0 aromatic heterocycles. The van der Waals surface area contributed by atoms with Crippen LogP contribution in [0.15, 0.2) is 34.7 Å². The second kappa shape index (κ2) is 5.70. The van der Waals surface area contributed by atoms with Gasteiger partial charge in [0.05, 0.1) is 29.8 Å². The number of halogens is 3. The molecule has 6 heteroatoms. The van der Waals surface area contributed by atoms with Crippen molar-refractivity contribution >= 4 is 24.2 Å². The average molecular weight is 401 g/mol. The SMILES string of the molecule is C[Si](C)(C)C1=C([Si](C)(C)C)C1(c1ccc(C(F)(F)F)cc1)[Si](C)(C)C. The Morgan fingerprint density at radius 3 is 1.28 bits per heavy atom. The topological polar surface area (TPSA) is 0 Å². The number of allylic oxidation sites excluding steroid dienone is 2. The Morgan fingerprint density at radius 1 is 0.680 bits per heavy atom. The third-order valence-electron chi connectivity index (χ3n) is 5.21. The zero-order valence-corrected chi connectivity index (χ0v) is 19.9. The van der Waals surface area contributed by atoms with Crippen molar-refractivity contribution in [1.29, 1.82) is 0 Å². The van der Waals surface area contributed by atoms with Gasteiger partial charge in [-0.05, 0) is 17.7 Å². The molecule has 1 aromatic carbocycles. The van der Waals surface area contributed by atoms with Crippen molar-refractivity contribution in [1.82, 2.24) is 0 Å². The van der Waals surface area contributed by atoms with Gasteiger partial charge in [0.1, 0.15) is 0 Å². The summed E-state index contributed by atoms with van der Waals surface area (Å²) in [6, 6.07) is 6.07. The summed E-state index contributed by atoms with van der Waals surface area (Å²) in [4.78, 5) is 0. The normalized spacial score (nSPS) is 18.6. The lowest BCUT2D eigenvalue weighted by molar-refractivity contribution is -0.137. The molecule has 1 aliphatic carbocycles. The Labute approximate surface area is 153 Å². The summed E-state index contributed by atoms with van der Waals surface area (Å²) in [5.41, 5.74) is 0.557. The summed E-state index contributed by atoms with van der Waals surface area (Å²) in [6.07, 6.45) is -4.27. The number of rotatable bonds is 4. The molecule has 1 aromatic rings. The minimum absolute atomic E-state index is 0.0218. The van der Waals surface area contributed by atoms with Gasteiger partial charge in [-0.1, -0.05) is 81.4 Å². The van der Waals surface area contributed by atoms with Crippen LogP contribution in [0.1, 0.15) is 11.1 Å². The molecular formula is C19H31F3Si3. The van der Waals surface area contributed by atoms with Crippen LogP contribution in [0.5, 0.6) is 0 Å². The molecule has 0 saturated heterocycles. The third kappa shape index (κ3) is 3.37. The first-order valence-corrected chi connectivity index (χ1v) is 19.4. The second-order valence-electron chi connectivity index (χ2n) is 10.3. The second-order valence-corrected chi connectivity index (χ2v) is 25.6. The van der Waals surface area contributed by atoms with E-state index >= 15 is 0 Å². The lowest BCUT2D eigenvalue weighted by atomic mass is 10.1. The molecule has 1 aliphatic rings. The fraction of sp³-hybridized carbons (Fsp3) is 0.579. The van der Waals surface area contributed by atoms with E-state index in [9.17, 15) is 13.2 Å². The predicted octanol–water partition coefficient (Wildman–Crippen LogP) is 6.89. The Kier molecular flexibility index (Phi) is 4.72. The Morgan fingerprint density at radius 2 is 1.04 bits per heavy atom. The molecule has 0 unspecified atom stereocenters. The summed E-state index contributed by atoms with van der Waals surface area (Å²) in [5.74, 6) is 0. The van der Waals surface area contributed by atoms with Crippen LogP contribution in [0, 0.1) is 0 Å². The van der Waals surface area contributed by atoms with Crippen LogP contribution >= 0.6 is 0 Å². The highest BCUT2D eigenvalue weighted by molar-refractivity contribution is 7.00. The van der Waals surface area contributed by atoms with E-state index in [-0.39, 0.29) is 5.04 Å². The van der Waals surface area contributed by atoms with E-state index in [2.05, 4.69) is 58.9 Å². The van der Waals surface area contributed by atoms with E-state index in [1.165, 1.54) is 12.1 Å². The average Bonchev–Trinajstić information content (AvgIpc) is 3.08. The van der Waals surface area contributed by atoms with E-state index in [1.807, 2.05) is 0 Å². The van der Waals surface area contributed by atoms with E-state index in [4.69, 9.17) is 0 Å². The summed E-state index contributed by atoms with van der Waals surface area (Å²) < 4.78 is 39.0. The Balaban J connectivity index is 2.68. The first kappa shape index (κ1) is 20.7. The smallest absolute Gasteiger partial charge is 0.166 e. The van der Waals surface area contributed by atoms with Gasteiger partial charge in [-0.2, -0.15) is 13.2 Å². The highest BCUT2D eigenvalue weighted by atomic mass is 28.3. The molecule has 0 saturated carbocycles. The first-order valence-electron chi connectivity index (χ1n) is 8.89. The molecule has 0 nitrogen and oxygen atoms in total. The largest absolute Gasteiger partial charge is 0.416 e. The van der Waals surface area contributed by atoms with Gasteiger partial charge in [0.2, 0.25) is 0 Å². The van der Waals surface area contributed by atoms with Gasteiger partial charge >= 0.3 is 6.18 Å². The lowest BCUT2D eigenvalue weighted by Crippen LogP contribution is -2.47.